The molecule has 100 valence electrons. The standard InChI is InChI=1S/C14H21NO3/c1-16-11-3-4-13(17-2)12(9-11)14(15)10-5-7-18-8-6-10/h3-4,9-10,14H,5-8,15H2,1-2H3/t14-/m0/s1. The second-order valence-corrected chi connectivity index (χ2v) is 4.58. The highest BCUT2D eigenvalue weighted by molar-refractivity contribution is 5.42. The van der Waals surface area contributed by atoms with E-state index in [2.05, 4.69) is 0 Å². The van der Waals surface area contributed by atoms with Crippen molar-refractivity contribution in [3.63, 3.8) is 0 Å². The van der Waals surface area contributed by atoms with Crippen LogP contribution in [-0.2, 0) is 4.74 Å². The Hall–Kier alpha value is -1.26. The van der Waals surface area contributed by atoms with Gasteiger partial charge in [0.15, 0.2) is 0 Å². The first-order chi connectivity index (χ1) is 8.76. The van der Waals surface area contributed by atoms with Crippen LogP contribution in [0.4, 0.5) is 0 Å². The van der Waals surface area contributed by atoms with Crippen molar-refractivity contribution in [2.24, 2.45) is 11.7 Å². The van der Waals surface area contributed by atoms with Crippen molar-refractivity contribution in [2.75, 3.05) is 27.4 Å². The van der Waals surface area contributed by atoms with Gasteiger partial charge in [0.25, 0.3) is 0 Å². The summed E-state index contributed by atoms with van der Waals surface area (Å²) in [6.45, 7) is 1.59. The topological polar surface area (TPSA) is 53.7 Å². The minimum absolute atomic E-state index is 0.0288. The van der Waals surface area contributed by atoms with E-state index in [1.165, 1.54) is 0 Å². The zero-order chi connectivity index (χ0) is 13.0. The molecule has 1 aromatic rings. The molecule has 18 heavy (non-hydrogen) atoms. The first kappa shape index (κ1) is 13.2. The monoisotopic (exact) mass is 251 g/mol. The molecule has 1 fully saturated rings. The Morgan fingerprint density at radius 2 is 1.94 bits per heavy atom. The van der Waals surface area contributed by atoms with E-state index in [1.807, 2.05) is 18.2 Å². The van der Waals surface area contributed by atoms with Crippen LogP contribution < -0.4 is 15.2 Å². The average Bonchev–Trinajstić information content (AvgIpc) is 2.46. The van der Waals surface area contributed by atoms with E-state index in [1.54, 1.807) is 14.2 Å². The van der Waals surface area contributed by atoms with Gasteiger partial charge in [-0.15, -0.1) is 0 Å². The lowest BCUT2D eigenvalue weighted by molar-refractivity contribution is 0.0581. The Labute approximate surface area is 108 Å². The molecule has 0 aliphatic carbocycles. The van der Waals surface area contributed by atoms with Crippen LogP contribution in [0.25, 0.3) is 0 Å². The highest BCUT2D eigenvalue weighted by atomic mass is 16.5. The smallest absolute Gasteiger partial charge is 0.123 e. The summed E-state index contributed by atoms with van der Waals surface area (Å²) in [6, 6.07) is 5.74. The molecule has 1 heterocycles. The zero-order valence-corrected chi connectivity index (χ0v) is 11.0. The van der Waals surface area contributed by atoms with Crippen LogP contribution in [0.3, 0.4) is 0 Å². The zero-order valence-electron chi connectivity index (χ0n) is 11.0. The lowest BCUT2D eigenvalue weighted by atomic mass is 9.87. The van der Waals surface area contributed by atoms with E-state index < -0.39 is 0 Å². The Kier molecular flexibility index (Phi) is 4.44. The molecular weight excluding hydrogens is 230 g/mol. The summed E-state index contributed by atoms with van der Waals surface area (Å²) < 4.78 is 16.0. The van der Waals surface area contributed by atoms with Crippen LogP contribution in [0.2, 0.25) is 0 Å². The Morgan fingerprint density at radius 3 is 2.56 bits per heavy atom. The first-order valence-corrected chi connectivity index (χ1v) is 6.31. The maximum absolute atomic E-state index is 6.38. The van der Waals surface area contributed by atoms with Crippen LogP contribution in [0.15, 0.2) is 18.2 Å². The largest absolute Gasteiger partial charge is 0.497 e. The van der Waals surface area contributed by atoms with Gasteiger partial charge in [-0.1, -0.05) is 0 Å². The van der Waals surface area contributed by atoms with E-state index in [9.17, 15) is 0 Å². The van der Waals surface area contributed by atoms with Crippen molar-refractivity contribution < 1.29 is 14.2 Å². The number of hydrogen-bond acceptors (Lipinski definition) is 4. The highest BCUT2D eigenvalue weighted by Gasteiger charge is 2.24. The number of benzene rings is 1. The molecule has 4 nitrogen and oxygen atoms in total. The summed E-state index contributed by atoms with van der Waals surface area (Å²) in [4.78, 5) is 0. The first-order valence-electron chi connectivity index (χ1n) is 6.31. The van der Waals surface area contributed by atoms with Gasteiger partial charge in [-0.2, -0.15) is 0 Å². The summed E-state index contributed by atoms with van der Waals surface area (Å²) in [7, 11) is 3.33. The SMILES string of the molecule is COc1ccc(OC)c([C@@H](N)C2CCOCC2)c1. The molecular formula is C14H21NO3. The van der Waals surface area contributed by atoms with Crippen molar-refractivity contribution in [3.8, 4) is 11.5 Å². The van der Waals surface area contributed by atoms with Crippen molar-refractivity contribution in [1.29, 1.82) is 0 Å². The normalized spacial score (nSPS) is 18.4. The van der Waals surface area contributed by atoms with E-state index in [4.69, 9.17) is 19.9 Å². The summed E-state index contributed by atoms with van der Waals surface area (Å²) in [5.41, 5.74) is 7.40. The lowest BCUT2D eigenvalue weighted by Gasteiger charge is -2.28. The highest BCUT2D eigenvalue weighted by Crippen LogP contribution is 2.35. The van der Waals surface area contributed by atoms with Crippen LogP contribution in [-0.4, -0.2) is 27.4 Å². The molecule has 1 aliphatic rings. The summed E-state index contributed by atoms with van der Waals surface area (Å²) in [5, 5.41) is 0. The fourth-order valence-electron chi connectivity index (χ4n) is 2.43. The van der Waals surface area contributed by atoms with Crippen LogP contribution in [0.1, 0.15) is 24.4 Å². The molecule has 1 atom stereocenters. The van der Waals surface area contributed by atoms with Crippen molar-refractivity contribution in [3.05, 3.63) is 23.8 Å². The van der Waals surface area contributed by atoms with Gasteiger partial charge in [-0.3, -0.25) is 0 Å². The van der Waals surface area contributed by atoms with Crippen molar-refractivity contribution >= 4 is 0 Å². The van der Waals surface area contributed by atoms with E-state index in [0.29, 0.717) is 5.92 Å². The summed E-state index contributed by atoms with van der Waals surface area (Å²) in [6.07, 6.45) is 2.00. The number of hydrogen-bond donors (Lipinski definition) is 1. The van der Waals surface area contributed by atoms with Gasteiger partial charge in [-0.05, 0) is 37.0 Å². The summed E-state index contributed by atoms with van der Waals surface area (Å²) in [5.74, 6) is 2.09. The maximum atomic E-state index is 6.38. The molecule has 2 N–H and O–H groups in total. The van der Waals surface area contributed by atoms with Crippen LogP contribution >= 0.6 is 0 Å². The Balaban J connectivity index is 2.23. The van der Waals surface area contributed by atoms with Gasteiger partial charge in [0.1, 0.15) is 11.5 Å². The number of methoxy groups -OCH3 is 2. The molecule has 0 aromatic heterocycles. The van der Waals surface area contributed by atoms with Crippen LogP contribution in [0, 0.1) is 5.92 Å². The molecule has 4 heteroatoms. The molecule has 0 spiro atoms. The van der Waals surface area contributed by atoms with Crippen molar-refractivity contribution in [1.82, 2.24) is 0 Å². The predicted molar refractivity (Wildman–Crippen MR) is 70.0 cm³/mol. The minimum atomic E-state index is -0.0288. The van der Waals surface area contributed by atoms with Gasteiger partial charge in [-0.25, -0.2) is 0 Å². The molecule has 2 rings (SSSR count). The summed E-state index contributed by atoms with van der Waals surface area (Å²) >= 11 is 0. The molecule has 1 saturated heterocycles. The second-order valence-electron chi connectivity index (χ2n) is 4.58. The van der Waals surface area contributed by atoms with Gasteiger partial charge >= 0.3 is 0 Å². The fourth-order valence-corrected chi connectivity index (χ4v) is 2.43. The quantitative estimate of drug-likeness (QED) is 0.890. The van der Waals surface area contributed by atoms with Crippen LogP contribution in [0.5, 0.6) is 11.5 Å². The van der Waals surface area contributed by atoms with E-state index in [0.717, 1.165) is 43.1 Å². The van der Waals surface area contributed by atoms with Gasteiger partial charge in [0.05, 0.1) is 14.2 Å². The number of nitrogens with two attached hydrogens (primary N) is 1. The van der Waals surface area contributed by atoms with Gasteiger partial charge in [0.2, 0.25) is 0 Å². The van der Waals surface area contributed by atoms with Gasteiger partial charge < -0.3 is 19.9 Å². The van der Waals surface area contributed by atoms with E-state index >= 15 is 0 Å². The third-order valence-electron chi connectivity index (χ3n) is 3.57. The molecule has 0 bridgehead atoms. The van der Waals surface area contributed by atoms with Crippen molar-refractivity contribution in [2.45, 2.75) is 18.9 Å². The molecule has 1 aromatic carbocycles. The molecule has 0 radical (unpaired) electrons. The Bertz CT molecular complexity index is 389. The fraction of sp³-hybridized carbons (Fsp3) is 0.571. The molecule has 1 aliphatic heterocycles. The maximum Gasteiger partial charge on any atom is 0.123 e. The molecule has 0 saturated carbocycles. The number of ether oxygens (including phenoxy) is 3. The third kappa shape index (κ3) is 2.76. The second kappa shape index (κ2) is 6.07. The molecule has 0 amide bonds. The minimum Gasteiger partial charge on any atom is -0.497 e. The third-order valence-corrected chi connectivity index (χ3v) is 3.57. The molecule has 0 unspecified atom stereocenters. The van der Waals surface area contributed by atoms with E-state index in [-0.39, 0.29) is 6.04 Å². The predicted octanol–water partition coefficient (Wildman–Crippen LogP) is 2.13. The lowest BCUT2D eigenvalue weighted by Crippen LogP contribution is -2.27. The Morgan fingerprint density at radius 1 is 1.22 bits per heavy atom. The average molecular weight is 251 g/mol. The van der Waals surface area contributed by atoms with Gasteiger partial charge in [0, 0.05) is 24.8 Å². The number of rotatable bonds is 4.